The molecule has 0 aliphatic carbocycles. The number of piperidine rings is 1. The molecule has 0 unspecified atom stereocenters. The van der Waals surface area contributed by atoms with E-state index < -0.39 is 11.6 Å². The Labute approximate surface area is 113 Å². The zero-order valence-corrected chi connectivity index (χ0v) is 11.5. The molecular weight excluding hydrogens is 246 g/mol. The van der Waals surface area contributed by atoms with E-state index in [4.69, 9.17) is 0 Å². The van der Waals surface area contributed by atoms with Crippen LogP contribution in [0.15, 0.2) is 18.2 Å². The maximum atomic E-state index is 13.6. The molecule has 1 fully saturated rings. The average Bonchev–Trinajstić information content (AvgIpc) is 2.42. The maximum absolute atomic E-state index is 13.6. The number of nitrogens with zero attached hydrogens (tertiary/aromatic N) is 1. The molecule has 0 aromatic heterocycles. The standard InChI is InChI=1S/C15H22F2N2/c1-2-19(10-12-5-7-18-8-6-12)11-13-3-4-14(16)9-15(13)17/h3-4,9,12,18H,2,5-8,10-11H2,1H3. The van der Waals surface area contributed by atoms with Gasteiger partial charge in [0.15, 0.2) is 0 Å². The normalized spacial score (nSPS) is 17.1. The molecule has 1 saturated heterocycles. The highest BCUT2D eigenvalue weighted by molar-refractivity contribution is 5.18. The molecule has 1 aliphatic rings. The van der Waals surface area contributed by atoms with E-state index in [9.17, 15) is 8.78 Å². The molecule has 106 valence electrons. The summed E-state index contributed by atoms with van der Waals surface area (Å²) < 4.78 is 26.5. The van der Waals surface area contributed by atoms with Crippen molar-refractivity contribution in [3.05, 3.63) is 35.4 Å². The second-order valence-electron chi connectivity index (χ2n) is 5.26. The minimum atomic E-state index is -0.511. The van der Waals surface area contributed by atoms with Crippen molar-refractivity contribution in [1.82, 2.24) is 10.2 Å². The van der Waals surface area contributed by atoms with Crippen LogP contribution in [-0.4, -0.2) is 31.1 Å². The van der Waals surface area contributed by atoms with Crippen LogP contribution in [0.25, 0.3) is 0 Å². The van der Waals surface area contributed by atoms with Crippen molar-refractivity contribution < 1.29 is 8.78 Å². The fourth-order valence-corrected chi connectivity index (χ4v) is 2.63. The summed E-state index contributed by atoms with van der Waals surface area (Å²) in [5, 5.41) is 3.35. The van der Waals surface area contributed by atoms with E-state index in [0.717, 1.165) is 32.2 Å². The van der Waals surface area contributed by atoms with E-state index in [1.54, 1.807) is 6.07 Å². The Morgan fingerprint density at radius 2 is 2.00 bits per heavy atom. The van der Waals surface area contributed by atoms with Crippen molar-refractivity contribution in [2.24, 2.45) is 5.92 Å². The van der Waals surface area contributed by atoms with Crippen LogP contribution >= 0.6 is 0 Å². The lowest BCUT2D eigenvalue weighted by Crippen LogP contribution is -2.36. The van der Waals surface area contributed by atoms with E-state index in [2.05, 4.69) is 17.1 Å². The Bertz CT molecular complexity index is 403. The van der Waals surface area contributed by atoms with Gasteiger partial charge in [0, 0.05) is 24.7 Å². The molecule has 1 aliphatic heterocycles. The Balaban J connectivity index is 1.94. The van der Waals surface area contributed by atoms with E-state index in [-0.39, 0.29) is 0 Å². The lowest BCUT2D eigenvalue weighted by Gasteiger charge is -2.29. The molecular formula is C15H22F2N2. The third-order valence-electron chi connectivity index (χ3n) is 3.83. The summed E-state index contributed by atoms with van der Waals surface area (Å²) in [4.78, 5) is 2.24. The lowest BCUT2D eigenvalue weighted by atomic mass is 9.97. The van der Waals surface area contributed by atoms with Crippen LogP contribution < -0.4 is 5.32 Å². The van der Waals surface area contributed by atoms with E-state index in [1.165, 1.54) is 18.9 Å². The van der Waals surface area contributed by atoms with Crippen LogP contribution in [0.5, 0.6) is 0 Å². The molecule has 0 spiro atoms. The fourth-order valence-electron chi connectivity index (χ4n) is 2.63. The second kappa shape index (κ2) is 6.96. The van der Waals surface area contributed by atoms with Gasteiger partial charge in [-0.05, 0) is 44.5 Å². The van der Waals surface area contributed by atoms with Gasteiger partial charge in [0.25, 0.3) is 0 Å². The van der Waals surface area contributed by atoms with Gasteiger partial charge in [-0.1, -0.05) is 13.0 Å². The number of benzene rings is 1. The van der Waals surface area contributed by atoms with E-state index in [0.29, 0.717) is 18.0 Å². The van der Waals surface area contributed by atoms with Crippen molar-refractivity contribution in [1.29, 1.82) is 0 Å². The third-order valence-corrected chi connectivity index (χ3v) is 3.83. The van der Waals surface area contributed by atoms with Gasteiger partial charge in [-0.2, -0.15) is 0 Å². The van der Waals surface area contributed by atoms with Gasteiger partial charge in [0.2, 0.25) is 0 Å². The van der Waals surface area contributed by atoms with Crippen LogP contribution in [0.2, 0.25) is 0 Å². The van der Waals surface area contributed by atoms with Crippen LogP contribution in [0, 0.1) is 17.6 Å². The predicted octanol–water partition coefficient (Wildman–Crippen LogP) is 2.79. The monoisotopic (exact) mass is 268 g/mol. The summed E-state index contributed by atoms with van der Waals surface area (Å²) in [6.07, 6.45) is 2.37. The summed E-state index contributed by atoms with van der Waals surface area (Å²) in [5.41, 5.74) is 0.581. The summed E-state index contributed by atoms with van der Waals surface area (Å²) in [5.74, 6) is -0.267. The number of hydrogen-bond donors (Lipinski definition) is 1. The van der Waals surface area contributed by atoms with Gasteiger partial charge in [0.05, 0.1) is 0 Å². The Kier molecular flexibility index (Phi) is 5.28. The zero-order chi connectivity index (χ0) is 13.7. The average molecular weight is 268 g/mol. The largest absolute Gasteiger partial charge is 0.317 e. The molecule has 0 saturated carbocycles. The lowest BCUT2D eigenvalue weighted by molar-refractivity contribution is 0.205. The van der Waals surface area contributed by atoms with Crippen LogP contribution in [0.1, 0.15) is 25.3 Å². The minimum absolute atomic E-state index is 0.441. The topological polar surface area (TPSA) is 15.3 Å². The maximum Gasteiger partial charge on any atom is 0.130 e. The highest BCUT2D eigenvalue weighted by atomic mass is 19.1. The Hall–Kier alpha value is -1.00. The van der Waals surface area contributed by atoms with Gasteiger partial charge in [-0.25, -0.2) is 8.78 Å². The zero-order valence-electron chi connectivity index (χ0n) is 11.5. The number of halogens is 2. The first-order chi connectivity index (χ1) is 9.19. The fraction of sp³-hybridized carbons (Fsp3) is 0.600. The smallest absolute Gasteiger partial charge is 0.130 e. The van der Waals surface area contributed by atoms with Crippen molar-refractivity contribution in [3.63, 3.8) is 0 Å². The predicted molar refractivity (Wildman–Crippen MR) is 72.9 cm³/mol. The van der Waals surface area contributed by atoms with Crippen molar-refractivity contribution >= 4 is 0 Å². The molecule has 2 rings (SSSR count). The summed E-state index contributed by atoms with van der Waals surface area (Å²) >= 11 is 0. The quantitative estimate of drug-likeness (QED) is 0.883. The molecule has 1 aromatic carbocycles. The van der Waals surface area contributed by atoms with Gasteiger partial charge in [-0.15, -0.1) is 0 Å². The van der Waals surface area contributed by atoms with Gasteiger partial charge >= 0.3 is 0 Å². The second-order valence-corrected chi connectivity index (χ2v) is 5.26. The first-order valence-corrected chi connectivity index (χ1v) is 7.06. The van der Waals surface area contributed by atoms with Crippen molar-refractivity contribution in [3.8, 4) is 0 Å². The third kappa shape index (κ3) is 4.25. The molecule has 0 radical (unpaired) electrons. The van der Waals surface area contributed by atoms with Crippen LogP contribution in [0.3, 0.4) is 0 Å². The summed E-state index contributed by atoms with van der Waals surface area (Å²) in [6, 6.07) is 3.85. The molecule has 0 amide bonds. The molecule has 1 N–H and O–H groups in total. The van der Waals surface area contributed by atoms with Crippen LogP contribution in [0.4, 0.5) is 8.78 Å². The first-order valence-electron chi connectivity index (χ1n) is 7.06. The highest BCUT2D eigenvalue weighted by Gasteiger charge is 2.17. The molecule has 1 heterocycles. The van der Waals surface area contributed by atoms with Crippen LogP contribution in [-0.2, 0) is 6.54 Å². The number of hydrogen-bond acceptors (Lipinski definition) is 2. The Morgan fingerprint density at radius 3 is 2.63 bits per heavy atom. The SMILES string of the molecule is CCN(Cc1ccc(F)cc1F)CC1CCNCC1. The highest BCUT2D eigenvalue weighted by Crippen LogP contribution is 2.17. The summed E-state index contributed by atoms with van der Waals surface area (Å²) in [7, 11) is 0. The Morgan fingerprint density at radius 1 is 1.26 bits per heavy atom. The molecule has 4 heteroatoms. The van der Waals surface area contributed by atoms with Gasteiger partial charge in [0.1, 0.15) is 11.6 Å². The number of rotatable bonds is 5. The van der Waals surface area contributed by atoms with Crippen molar-refractivity contribution in [2.45, 2.75) is 26.3 Å². The van der Waals surface area contributed by atoms with Gasteiger partial charge < -0.3 is 5.32 Å². The molecule has 0 atom stereocenters. The molecule has 19 heavy (non-hydrogen) atoms. The first kappa shape index (κ1) is 14.4. The number of nitrogens with one attached hydrogen (secondary N) is 1. The van der Waals surface area contributed by atoms with Gasteiger partial charge in [-0.3, -0.25) is 4.90 Å². The summed E-state index contributed by atoms with van der Waals surface area (Å²) in [6.45, 7) is 6.69. The van der Waals surface area contributed by atoms with E-state index >= 15 is 0 Å². The van der Waals surface area contributed by atoms with E-state index in [1.807, 2.05) is 0 Å². The minimum Gasteiger partial charge on any atom is -0.317 e. The molecule has 0 bridgehead atoms. The molecule has 1 aromatic rings. The van der Waals surface area contributed by atoms with Crippen molar-refractivity contribution in [2.75, 3.05) is 26.2 Å². The molecule has 2 nitrogen and oxygen atoms in total.